The number of aromatic nitrogens is 2. The molecule has 1 aromatic heterocycles. The molecule has 0 bridgehead atoms. The number of nitrogens with zero attached hydrogens (tertiary/aromatic N) is 2. The van der Waals surface area contributed by atoms with Gasteiger partial charge >= 0.3 is 5.69 Å². The number of H-pyrrole nitrogens is 1. The van der Waals surface area contributed by atoms with Gasteiger partial charge in [0.25, 0.3) is 5.56 Å². The van der Waals surface area contributed by atoms with Crippen LogP contribution in [0.25, 0.3) is 0 Å². The molecule has 3 rings (SSSR count). The van der Waals surface area contributed by atoms with Crippen molar-refractivity contribution in [1.82, 2.24) is 14.5 Å². The third-order valence-corrected chi connectivity index (χ3v) is 4.38. The summed E-state index contributed by atoms with van der Waals surface area (Å²) in [5.74, 6) is -0.0552. The number of rotatable bonds is 4. The molecular weight excluding hydrogens is 346 g/mol. The first-order valence-electron chi connectivity index (χ1n) is 7.97. The average Bonchev–Trinajstić information content (AvgIpc) is 2.61. The molecule has 1 aromatic carbocycles. The third-order valence-electron chi connectivity index (χ3n) is 4.12. The SMILES string of the molecule is O=C(CCn1ccc(=O)[nH]c1=O)N1CCOC(c2ccc(Cl)cc2)C1. The lowest BCUT2D eigenvalue weighted by Crippen LogP contribution is -2.42. The second kappa shape index (κ2) is 7.67. The van der Waals surface area contributed by atoms with Gasteiger partial charge in [0.05, 0.1) is 13.2 Å². The molecule has 7 nitrogen and oxygen atoms in total. The monoisotopic (exact) mass is 363 g/mol. The van der Waals surface area contributed by atoms with E-state index in [-0.39, 0.29) is 25.0 Å². The van der Waals surface area contributed by atoms with Gasteiger partial charge in [0, 0.05) is 36.8 Å². The van der Waals surface area contributed by atoms with Gasteiger partial charge in [-0.1, -0.05) is 23.7 Å². The lowest BCUT2D eigenvalue weighted by Gasteiger charge is -2.33. The van der Waals surface area contributed by atoms with Crippen molar-refractivity contribution in [1.29, 1.82) is 0 Å². The van der Waals surface area contributed by atoms with Crippen molar-refractivity contribution in [2.45, 2.75) is 19.1 Å². The number of carbonyl (C=O) groups excluding carboxylic acids is 1. The maximum atomic E-state index is 12.4. The van der Waals surface area contributed by atoms with E-state index in [4.69, 9.17) is 16.3 Å². The quantitative estimate of drug-likeness (QED) is 0.884. The number of aromatic amines is 1. The van der Waals surface area contributed by atoms with Crippen LogP contribution >= 0.6 is 11.6 Å². The van der Waals surface area contributed by atoms with Crippen molar-refractivity contribution in [3.05, 3.63) is 68.0 Å². The highest BCUT2D eigenvalue weighted by Gasteiger charge is 2.25. The van der Waals surface area contributed by atoms with Crippen molar-refractivity contribution in [2.24, 2.45) is 0 Å². The zero-order valence-electron chi connectivity index (χ0n) is 13.5. The second-order valence-corrected chi connectivity index (χ2v) is 6.24. The summed E-state index contributed by atoms with van der Waals surface area (Å²) < 4.78 is 7.06. The number of amides is 1. The number of morpholine rings is 1. The van der Waals surface area contributed by atoms with Crippen LogP contribution in [0.3, 0.4) is 0 Å². The first-order chi connectivity index (χ1) is 12.0. The van der Waals surface area contributed by atoms with Gasteiger partial charge in [0.15, 0.2) is 0 Å². The molecule has 0 aliphatic carbocycles. The molecule has 1 atom stereocenters. The van der Waals surface area contributed by atoms with Gasteiger partial charge in [0.1, 0.15) is 6.10 Å². The van der Waals surface area contributed by atoms with Crippen LogP contribution in [0.4, 0.5) is 0 Å². The Kier molecular flexibility index (Phi) is 5.35. The van der Waals surface area contributed by atoms with E-state index < -0.39 is 11.2 Å². The minimum atomic E-state index is -0.513. The highest BCUT2D eigenvalue weighted by molar-refractivity contribution is 6.30. The van der Waals surface area contributed by atoms with E-state index in [1.165, 1.54) is 16.8 Å². The molecule has 1 N–H and O–H groups in total. The molecule has 2 aromatic rings. The molecule has 1 aliphatic rings. The Morgan fingerprint density at radius 1 is 1.24 bits per heavy atom. The molecule has 0 radical (unpaired) electrons. The molecular formula is C17H18ClN3O4. The first-order valence-corrected chi connectivity index (χ1v) is 8.35. The van der Waals surface area contributed by atoms with Crippen LogP contribution in [-0.2, 0) is 16.1 Å². The Morgan fingerprint density at radius 3 is 2.72 bits per heavy atom. The summed E-state index contributed by atoms with van der Waals surface area (Å²) >= 11 is 5.90. The maximum absolute atomic E-state index is 12.4. The van der Waals surface area contributed by atoms with E-state index >= 15 is 0 Å². The van der Waals surface area contributed by atoms with Crippen LogP contribution in [0.15, 0.2) is 46.1 Å². The summed E-state index contributed by atoms with van der Waals surface area (Å²) in [6, 6.07) is 8.63. The van der Waals surface area contributed by atoms with Gasteiger partial charge in [-0.2, -0.15) is 0 Å². The van der Waals surface area contributed by atoms with E-state index in [9.17, 15) is 14.4 Å². The number of hydrogen-bond acceptors (Lipinski definition) is 4. The largest absolute Gasteiger partial charge is 0.370 e. The van der Waals surface area contributed by atoms with Gasteiger partial charge in [-0.3, -0.25) is 14.6 Å². The summed E-state index contributed by atoms with van der Waals surface area (Å²) in [6.45, 7) is 1.65. The number of carbonyl (C=O) groups is 1. The molecule has 0 spiro atoms. The second-order valence-electron chi connectivity index (χ2n) is 5.80. The van der Waals surface area contributed by atoms with E-state index in [1.54, 1.807) is 17.0 Å². The summed E-state index contributed by atoms with van der Waals surface area (Å²) in [4.78, 5) is 39.0. The average molecular weight is 364 g/mol. The summed E-state index contributed by atoms with van der Waals surface area (Å²) in [7, 11) is 0. The zero-order valence-corrected chi connectivity index (χ0v) is 14.2. The Labute approximate surface area is 148 Å². The van der Waals surface area contributed by atoms with Crippen LogP contribution in [0, 0.1) is 0 Å². The maximum Gasteiger partial charge on any atom is 0.328 e. The van der Waals surface area contributed by atoms with Crippen LogP contribution in [0.1, 0.15) is 18.1 Å². The fourth-order valence-corrected chi connectivity index (χ4v) is 2.88. The number of hydrogen-bond donors (Lipinski definition) is 1. The lowest BCUT2D eigenvalue weighted by atomic mass is 10.1. The normalized spacial score (nSPS) is 17.5. The third kappa shape index (κ3) is 4.37. The predicted octanol–water partition coefficient (Wildman–Crippen LogP) is 1.18. The molecule has 1 aliphatic heterocycles. The fourth-order valence-electron chi connectivity index (χ4n) is 2.75. The minimum Gasteiger partial charge on any atom is -0.370 e. The predicted molar refractivity (Wildman–Crippen MR) is 92.7 cm³/mol. The summed E-state index contributed by atoms with van der Waals surface area (Å²) in [6.07, 6.45) is 1.38. The van der Waals surface area contributed by atoms with Crippen molar-refractivity contribution in [2.75, 3.05) is 19.7 Å². The van der Waals surface area contributed by atoms with Crippen LogP contribution in [0.5, 0.6) is 0 Å². The topological polar surface area (TPSA) is 84.4 Å². The highest BCUT2D eigenvalue weighted by atomic mass is 35.5. The number of aryl methyl sites for hydroxylation is 1. The molecule has 1 unspecified atom stereocenters. The van der Waals surface area contributed by atoms with Crippen molar-refractivity contribution in [3.63, 3.8) is 0 Å². The van der Waals surface area contributed by atoms with Crippen LogP contribution in [0.2, 0.25) is 5.02 Å². The molecule has 8 heteroatoms. The standard InChI is InChI=1S/C17H18ClN3O4/c18-13-3-1-12(2-4-13)14-11-21(9-10-25-14)16(23)6-8-20-7-5-15(22)19-17(20)24/h1-5,7,14H,6,8-11H2,(H,19,22,24). The van der Waals surface area contributed by atoms with Gasteiger partial charge in [0.2, 0.25) is 5.91 Å². The molecule has 0 saturated carbocycles. The Balaban J connectivity index is 1.61. The Hall–Kier alpha value is -2.38. The molecule has 1 fully saturated rings. The van der Waals surface area contributed by atoms with Crippen molar-refractivity contribution in [3.8, 4) is 0 Å². The summed E-state index contributed by atoms with van der Waals surface area (Å²) in [5, 5.41) is 0.652. The lowest BCUT2D eigenvalue weighted by molar-refractivity contribution is -0.139. The molecule has 25 heavy (non-hydrogen) atoms. The van der Waals surface area contributed by atoms with Gasteiger partial charge in [-0.05, 0) is 17.7 Å². The van der Waals surface area contributed by atoms with Gasteiger partial charge < -0.3 is 14.2 Å². The highest BCUT2D eigenvalue weighted by Crippen LogP contribution is 2.24. The van der Waals surface area contributed by atoms with Gasteiger partial charge in [-0.15, -0.1) is 0 Å². The molecule has 2 heterocycles. The Morgan fingerprint density at radius 2 is 2.00 bits per heavy atom. The van der Waals surface area contributed by atoms with Crippen molar-refractivity contribution < 1.29 is 9.53 Å². The zero-order chi connectivity index (χ0) is 17.8. The fraction of sp³-hybridized carbons (Fsp3) is 0.353. The number of ether oxygens (including phenoxy) is 1. The smallest absolute Gasteiger partial charge is 0.328 e. The van der Waals surface area contributed by atoms with Crippen LogP contribution in [-0.4, -0.2) is 40.1 Å². The minimum absolute atomic E-state index is 0.0552. The first kappa shape index (κ1) is 17.4. The number of nitrogens with one attached hydrogen (secondary N) is 1. The number of halogens is 1. The van der Waals surface area contributed by atoms with Crippen LogP contribution < -0.4 is 11.2 Å². The van der Waals surface area contributed by atoms with Gasteiger partial charge in [-0.25, -0.2) is 4.79 Å². The Bertz CT molecular complexity index is 859. The molecule has 1 saturated heterocycles. The van der Waals surface area contributed by atoms with E-state index in [2.05, 4.69) is 4.98 Å². The van der Waals surface area contributed by atoms with E-state index in [1.807, 2.05) is 12.1 Å². The molecule has 132 valence electrons. The number of benzene rings is 1. The van der Waals surface area contributed by atoms with E-state index in [0.717, 1.165) is 5.56 Å². The summed E-state index contributed by atoms with van der Waals surface area (Å²) in [5.41, 5.74) is 0.00614. The van der Waals surface area contributed by atoms with E-state index in [0.29, 0.717) is 24.7 Å². The molecule has 1 amide bonds. The van der Waals surface area contributed by atoms with Crippen molar-refractivity contribution >= 4 is 17.5 Å².